The van der Waals surface area contributed by atoms with Gasteiger partial charge >= 0.3 is 0 Å². The van der Waals surface area contributed by atoms with Crippen LogP contribution in [0.25, 0.3) is 0 Å². The molecule has 2 aliphatic rings. The lowest BCUT2D eigenvalue weighted by molar-refractivity contribution is 0.0795. The zero-order valence-electron chi connectivity index (χ0n) is 10.2. The first-order chi connectivity index (χ1) is 8.70. The monoisotopic (exact) mass is 260 g/mol. The molecule has 1 fully saturated rings. The van der Waals surface area contributed by atoms with Gasteiger partial charge in [-0.3, -0.25) is 9.69 Å². The van der Waals surface area contributed by atoms with E-state index >= 15 is 0 Å². The number of amides is 1. The first kappa shape index (κ1) is 11.7. The van der Waals surface area contributed by atoms with Gasteiger partial charge in [-0.15, -0.1) is 0 Å². The zero-order chi connectivity index (χ0) is 12.7. The van der Waals surface area contributed by atoms with Gasteiger partial charge in [0.05, 0.1) is 5.56 Å². The van der Waals surface area contributed by atoms with E-state index in [2.05, 4.69) is 0 Å². The number of thiocarbonyl (C=S) groups is 1. The highest BCUT2D eigenvalue weighted by Gasteiger charge is 2.38. The van der Waals surface area contributed by atoms with E-state index in [1.165, 1.54) is 19.3 Å². The van der Waals surface area contributed by atoms with Gasteiger partial charge in [0.25, 0.3) is 5.91 Å². The van der Waals surface area contributed by atoms with E-state index in [9.17, 15) is 4.79 Å². The van der Waals surface area contributed by atoms with Crippen LogP contribution >= 0.6 is 12.2 Å². The predicted molar refractivity (Wildman–Crippen MR) is 75.6 cm³/mol. The Morgan fingerprint density at radius 1 is 1.22 bits per heavy atom. The van der Waals surface area contributed by atoms with E-state index in [-0.39, 0.29) is 11.9 Å². The second-order valence-electron chi connectivity index (χ2n) is 5.04. The average molecular weight is 260 g/mol. The molecule has 18 heavy (non-hydrogen) atoms. The summed E-state index contributed by atoms with van der Waals surface area (Å²) >= 11 is 5.47. The number of rotatable bonds is 1. The van der Waals surface area contributed by atoms with Crippen molar-refractivity contribution in [1.29, 1.82) is 0 Å². The molecule has 3 rings (SSSR count). The highest BCUT2D eigenvalue weighted by atomic mass is 32.1. The molecule has 0 saturated heterocycles. The Hall–Kier alpha value is -1.42. The van der Waals surface area contributed by atoms with E-state index in [1.54, 1.807) is 4.90 Å². The standard InChI is InChI=1S/C14H16N2OS/c15-11-8-4-7-10-12(11)14(18)16(13(10)17)9-5-2-1-3-6-9/h4,7-9H,1-3,5-6,15H2. The smallest absolute Gasteiger partial charge is 0.259 e. The van der Waals surface area contributed by atoms with E-state index in [0.717, 1.165) is 18.4 Å². The third kappa shape index (κ3) is 1.63. The number of carbonyl (C=O) groups excluding carboxylic acids is 1. The molecule has 1 aromatic rings. The molecule has 1 heterocycles. The summed E-state index contributed by atoms with van der Waals surface area (Å²) in [5.74, 6) is 0.0363. The van der Waals surface area contributed by atoms with Gasteiger partial charge in [0.15, 0.2) is 0 Å². The summed E-state index contributed by atoms with van der Waals surface area (Å²) in [7, 11) is 0. The van der Waals surface area contributed by atoms with Gasteiger partial charge in [0, 0.05) is 17.3 Å². The first-order valence-electron chi connectivity index (χ1n) is 6.46. The number of anilines is 1. The van der Waals surface area contributed by atoms with Crippen LogP contribution in [-0.2, 0) is 0 Å². The molecular weight excluding hydrogens is 244 g/mol. The van der Waals surface area contributed by atoms with E-state index in [4.69, 9.17) is 18.0 Å². The van der Waals surface area contributed by atoms with Gasteiger partial charge in [-0.2, -0.15) is 0 Å². The Bertz CT molecular complexity index is 521. The summed E-state index contributed by atoms with van der Waals surface area (Å²) in [5.41, 5.74) is 8.00. The Labute approximate surface area is 112 Å². The van der Waals surface area contributed by atoms with Crippen molar-refractivity contribution in [1.82, 2.24) is 4.90 Å². The van der Waals surface area contributed by atoms with Crippen LogP contribution in [0.5, 0.6) is 0 Å². The largest absolute Gasteiger partial charge is 0.398 e. The molecule has 0 bridgehead atoms. The molecule has 1 amide bonds. The third-order valence-corrected chi connectivity index (χ3v) is 4.32. The molecule has 0 atom stereocenters. The average Bonchev–Trinajstić information content (AvgIpc) is 2.64. The maximum Gasteiger partial charge on any atom is 0.259 e. The van der Waals surface area contributed by atoms with Crippen LogP contribution in [0, 0.1) is 0 Å². The summed E-state index contributed by atoms with van der Waals surface area (Å²) in [6.07, 6.45) is 5.74. The molecule has 1 aliphatic heterocycles. The van der Waals surface area contributed by atoms with Crippen molar-refractivity contribution in [2.24, 2.45) is 0 Å². The van der Waals surface area contributed by atoms with E-state index in [1.807, 2.05) is 18.2 Å². The molecule has 0 unspecified atom stereocenters. The van der Waals surface area contributed by atoms with Crippen LogP contribution in [0.1, 0.15) is 48.0 Å². The van der Waals surface area contributed by atoms with Gasteiger partial charge in [-0.25, -0.2) is 0 Å². The highest BCUT2D eigenvalue weighted by molar-refractivity contribution is 7.80. The molecule has 1 saturated carbocycles. The maximum atomic E-state index is 12.4. The van der Waals surface area contributed by atoms with E-state index < -0.39 is 0 Å². The SMILES string of the molecule is Nc1cccc2c1C(=S)N(C1CCCCC1)C2=O. The minimum Gasteiger partial charge on any atom is -0.398 e. The van der Waals surface area contributed by atoms with Crippen molar-refractivity contribution in [2.45, 2.75) is 38.1 Å². The summed E-state index contributed by atoms with van der Waals surface area (Å²) in [4.78, 5) is 14.9. The zero-order valence-corrected chi connectivity index (χ0v) is 11.0. The maximum absolute atomic E-state index is 12.4. The van der Waals surface area contributed by atoms with Gasteiger partial charge in [0.2, 0.25) is 0 Å². The molecule has 0 aromatic heterocycles. The van der Waals surface area contributed by atoms with Crippen LogP contribution in [0.4, 0.5) is 5.69 Å². The van der Waals surface area contributed by atoms with Crippen molar-refractivity contribution in [3.8, 4) is 0 Å². The van der Waals surface area contributed by atoms with Gasteiger partial charge in [-0.05, 0) is 25.0 Å². The number of nitrogen functional groups attached to an aromatic ring is 1. The van der Waals surface area contributed by atoms with Gasteiger partial charge in [0.1, 0.15) is 4.99 Å². The van der Waals surface area contributed by atoms with Crippen molar-refractivity contribution in [3.05, 3.63) is 29.3 Å². The minimum atomic E-state index is 0.0363. The molecule has 2 N–H and O–H groups in total. The molecule has 3 nitrogen and oxygen atoms in total. The second-order valence-corrected chi connectivity index (χ2v) is 5.43. The number of benzene rings is 1. The Morgan fingerprint density at radius 3 is 2.61 bits per heavy atom. The number of carbonyl (C=O) groups is 1. The summed E-state index contributed by atoms with van der Waals surface area (Å²) < 4.78 is 0. The van der Waals surface area contributed by atoms with Gasteiger partial charge < -0.3 is 5.73 Å². The topological polar surface area (TPSA) is 46.3 Å². The fraction of sp³-hybridized carbons (Fsp3) is 0.429. The van der Waals surface area contributed by atoms with Crippen molar-refractivity contribution in [2.75, 3.05) is 5.73 Å². The second kappa shape index (κ2) is 4.35. The van der Waals surface area contributed by atoms with Crippen molar-refractivity contribution < 1.29 is 4.79 Å². The van der Waals surface area contributed by atoms with Gasteiger partial charge in [-0.1, -0.05) is 37.5 Å². The lowest BCUT2D eigenvalue weighted by Gasteiger charge is -2.30. The lowest BCUT2D eigenvalue weighted by Crippen LogP contribution is -2.40. The van der Waals surface area contributed by atoms with Crippen LogP contribution in [-0.4, -0.2) is 21.8 Å². The minimum absolute atomic E-state index is 0.0363. The van der Waals surface area contributed by atoms with Crippen LogP contribution in [0.15, 0.2) is 18.2 Å². The fourth-order valence-corrected chi connectivity index (χ4v) is 3.46. The van der Waals surface area contributed by atoms with Crippen LogP contribution < -0.4 is 5.73 Å². The molecule has 1 aliphatic carbocycles. The van der Waals surface area contributed by atoms with Crippen LogP contribution in [0.2, 0.25) is 0 Å². The quantitative estimate of drug-likeness (QED) is 0.624. The van der Waals surface area contributed by atoms with Crippen LogP contribution in [0.3, 0.4) is 0 Å². The number of hydrogen-bond acceptors (Lipinski definition) is 3. The summed E-state index contributed by atoms with van der Waals surface area (Å²) in [6.45, 7) is 0. The molecule has 94 valence electrons. The fourth-order valence-electron chi connectivity index (χ4n) is 3.00. The predicted octanol–water partition coefficient (Wildman–Crippen LogP) is 2.73. The number of fused-ring (bicyclic) bond motifs is 1. The molecule has 1 aromatic carbocycles. The number of hydrogen-bond donors (Lipinski definition) is 1. The Balaban J connectivity index is 1.99. The molecular formula is C14H16N2OS. The first-order valence-corrected chi connectivity index (χ1v) is 6.87. The molecule has 0 radical (unpaired) electrons. The van der Waals surface area contributed by atoms with Crippen molar-refractivity contribution >= 4 is 28.8 Å². The molecule has 0 spiro atoms. The Morgan fingerprint density at radius 2 is 1.94 bits per heavy atom. The van der Waals surface area contributed by atoms with E-state index in [0.29, 0.717) is 16.2 Å². The summed E-state index contributed by atoms with van der Waals surface area (Å²) in [5, 5.41) is 0. The Kier molecular flexibility index (Phi) is 2.82. The normalized spacial score (nSPS) is 20.3. The highest BCUT2D eigenvalue weighted by Crippen LogP contribution is 2.33. The summed E-state index contributed by atoms with van der Waals surface area (Å²) in [6, 6.07) is 5.72. The molecule has 4 heteroatoms. The number of nitrogens with zero attached hydrogens (tertiary/aromatic N) is 1. The number of nitrogens with two attached hydrogens (primary N) is 1. The lowest BCUT2D eigenvalue weighted by atomic mass is 9.94. The van der Waals surface area contributed by atoms with Crippen molar-refractivity contribution in [3.63, 3.8) is 0 Å². The third-order valence-electron chi connectivity index (χ3n) is 3.92.